The smallest absolute Gasteiger partial charge is 0.326 e. The summed E-state index contributed by atoms with van der Waals surface area (Å²) >= 11 is 0. The lowest BCUT2D eigenvalue weighted by molar-refractivity contribution is -0.142. The fraction of sp³-hybridized carbons (Fsp3) is 0.370. The molecule has 2 N–H and O–H groups in total. The highest BCUT2D eigenvalue weighted by molar-refractivity contribution is 5.98. The molecular formula is C46H50N4O8. The van der Waals surface area contributed by atoms with Crippen molar-refractivity contribution in [3.63, 3.8) is 0 Å². The summed E-state index contributed by atoms with van der Waals surface area (Å²) in [6, 6.07) is 18.8. The number of rotatable bonds is 11. The lowest BCUT2D eigenvalue weighted by atomic mass is 9.91. The Labute approximate surface area is 338 Å². The number of amides is 2. The molecule has 12 nitrogen and oxygen atoms in total. The SMILES string of the molecule is Cc1nc(C(=O)N2Cc3cc4c(cc3C[C@H]2C(=O)N[C@@H](Cc2ccc(-c3ccnc(C)c3C)cc2)C(=O)O)OC[C@H](c2ccc(OCCC(C)(C)C)cc2)O4)c(C)o1. The Kier molecular flexibility index (Phi) is 11.3. The van der Waals surface area contributed by atoms with Crippen molar-refractivity contribution in [3.8, 4) is 28.4 Å². The Balaban J connectivity index is 1.10. The molecule has 2 aliphatic rings. The number of pyridine rings is 1. The highest BCUT2D eigenvalue weighted by Gasteiger charge is 2.39. The number of aromatic nitrogens is 2. The van der Waals surface area contributed by atoms with Crippen LogP contribution in [-0.2, 0) is 29.0 Å². The zero-order chi connectivity index (χ0) is 41.3. The van der Waals surface area contributed by atoms with Crippen LogP contribution >= 0.6 is 0 Å². The molecule has 0 saturated heterocycles. The van der Waals surface area contributed by atoms with Crippen molar-refractivity contribution in [2.24, 2.45) is 5.41 Å². The van der Waals surface area contributed by atoms with E-state index in [2.05, 4.69) is 36.1 Å². The number of aliphatic carboxylic acids is 1. The zero-order valence-corrected chi connectivity index (χ0v) is 34.0. The lowest BCUT2D eigenvalue weighted by Gasteiger charge is -2.37. The van der Waals surface area contributed by atoms with E-state index in [1.54, 1.807) is 20.0 Å². The summed E-state index contributed by atoms with van der Waals surface area (Å²) in [6.07, 6.45) is 2.49. The number of benzene rings is 3. The number of fused-ring (bicyclic) bond motifs is 2. The minimum atomic E-state index is -1.25. The number of carboxylic acids is 1. The molecule has 3 aromatic carbocycles. The first kappa shape index (κ1) is 40.0. The summed E-state index contributed by atoms with van der Waals surface area (Å²) in [5, 5.41) is 13.0. The number of aryl methyl sites for hydroxylation is 3. The second kappa shape index (κ2) is 16.4. The van der Waals surface area contributed by atoms with Crippen LogP contribution in [0.1, 0.15) is 88.9 Å². The van der Waals surface area contributed by atoms with Crippen LogP contribution in [0, 0.1) is 33.1 Å². The van der Waals surface area contributed by atoms with Crippen LogP contribution < -0.4 is 19.5 Å². The van der Waals surface area contributed by atoms with Crippen LogP contribution in [0.15, 0.2) is 77.3 Å². The van der Waals surface area contributed by atoms with Crippen molar-refractivity contribution in [2.45, 2.75) is 92.5 Å². The number of hydrogen-bond acceptors (Lipinski definition) is 9. The third-order valence-corrected chi connectivity index (χ3v) is 10.9. The van der Waals surface area contributed by atoms with E-state index < -0.39 is 29.9 Å². The van der Waals surface area contributed by atoms with E-state index in [1.165, 1.54) is 4.90 Å². The Hall–Kier alpha value is -6.17. The highest BCUT2D eigenvalue weighted by atomic mass is 16.6. The van der Waals surface area contributed by atoms with Gasteiger partial charge in [0.1, 0.15) is 30.2 Å². The first-order chi connectivity index (χ1) is 27.6. The molecule has 0 bridgehead atoms. The zero-order valence-electron chi connectivity index (χ0n) is 34.0. The summed E-state index contributed by atoms with van der Waals surface area (Å²) in [5.41, 5.74) is 7.54. The monoisotopic (exact) mass is 786 g/mol. The molecule has 12 heteroatoms. The van der Waals surface area contributed by atoms with Crippen molar-refractivity contribution in [3.05, 3.63) is 124 Å². The van der Waals surface area contributed by atoms with Gasteiger partial charge in [-0.1, -0.05) is 57.2 Å². The maximum absolute atomic E-state index is 14.2. The third-order valence-electron chi connectivity index (χ3n) is 10.9. The van der Waals surface area contributed by atoms with Crippen LogP contribution in [0.4, 0.5) is 0 Å². The van der Waals surface area contributed by atoms with Crippen molar-refractivity contribution in [1.82, 2.24) is 20.2 Å². The van der Waals surface area contributed by atoms with E-state index in [9.17, 15) is 19.5 Å². The van der Waals surface area contributed by atoms with Crippen molar-refractivity contribution < 1.29 is 38.1 Å². The summed E-state index contributed by atoms with van der Waals surface area (Å²) in [6.45, 7) is 14.8. The van der Waals surface area contributed by atoms with E-state index in [0.29, 0.717) is 29.8 Å². The first-order valence-corrected chi connectivity index (χ1v) is 19.6. The Morgan fingerprint density at radius 1 is 0.966 bits per heavy atom. The summed E-state index contributed by atoms with van der Waals surface area (Å²) in [5.74, 6) is 0.208. The molecule has 2 aromatic heterocycles. The van der Waals surface area contributed by atoms with Crippen LogP contribution in [0.2, 0.25) is 0 Å². The van der Waals surface area contributed by atoms with Crippen LogP contribution in [0.25, 0.3) is 11.1 Å². The fourth-order valence-electron chi connectivity index (χ4n) is 7.36. The molecule has 3 atom stereocenters. The molecule has 0 fully saturated rings. The highest BCUT2D eigenvalue weighted by Crippen LogP contribution is 2.41. The number of oxazole rings is 1. The van der Waals surface area contributed by atoms with Gasteiger partial charge in [-0.2, -0.15) is 0 Å². The minimum absolute atomic E-state index is 0.0430. The maximum Gasteiger partial charge on any atom is 0.326 e. The van der Waals surface area contributed by atoms with Gasteiger partial charge in [-0.3, -0.25) is 14.6 Å². The number of carboxylic acid groups (broad SMARTS) is 1. The van der Waals surface area contributed by atoms with Gasteiger partial charge in [-0.15, -0.1) is 0 Å². The lowest BCUT2D eigenvalue weighted by Crippen LogP contribution is -2.56. The fourth-order valence-corrected chi connectivity index (χ4v) is 7.36. The molecule has 2 amide bonds. The molecule has 0 unspecified atom stereocenters. The number of carbonyl (C=O) groups is 3. The van der Waals surface area contributed by atoms with Gasteiger partial charge in [0.05, 0.1) is 6.61 Å². The summed E-state index contributed by atoms with van der Waals surface area (Å²) < 4.78 is 24.2. The minimum Gasteiger partial charge on any atom is -0.494 e. The predicted octanol–water partition coefficient (Wildman–Crippen LogP) is 7.68. The third kappa shape index (κ3) is 8.86. The van der Waals surface area contributed by atoms with Gasteiger partial charge >= 0.3 is 5.97 Å². The second-order valence-electron chi connectivity index (χ2n) is 16.4. The van der Waals surface area contributed by atoms with Gasteiger partial charge < -0.3 is 34.0 Å². The molecule has 0 spiro atoms. The molecule has 4 heterocycles. The Bertz CT molecular complexity index is 2330. The normalized spacial score (nSPS) is 16.6. The van der Waals surface area contributed by atoms with Crippen molar-refractivity contribution in [2.75, 3.05) is 13.2 Å². The molecule has 2 aliphatic heterocycles. The molecular weight excluding hydrogens is 737 g/mol. The average Bonchev–Trinajstić information content (AvgIpc) is 3.54. The van der Waals surface area contributed by atoms with Gasteiger partial charge in [0, 0.05) is 38.2 Å². The number of ether oxygens (including phenoxy) is 3. The van der Waals surface area contributed by atoms with Crippen LogP contribution in [0.3, 0.4) is 0 Å². The molecule has 0 aliphatic carbocycles. The largest absolute Gasteiger partial charge is 0.494 e. The van der Waals surface area contributed by atoms with Crippen molar-refractivity contribution >= 4 is 17.8 Å². The molecule has 0 radical (unpaired) electrons. The molecule has 5 aromatic rings. The summed E-state index contributed by atoms with van der Waals surface area (Å²) in [4.78, 5) is 51.1. The Morgan fingerprint density at radius 3 is 2.36 bits per heavy atom. The molecule has 302 valence electrons. The van der Waals surface area contributed by atoms with Crippen molar-refractivity contribution in [1.29, 1.82) is 0 Å². The number of nitrogens with zero attached hydrogens (tertiary/aromatic N) is 3. The van der Waals surface area contributed by atoms with E-state index in [4.69, 9.17) is 18.6 Å². The average molecular weight is 787 g/mol. The predicted molar refractivity (Wildman–Crippen MR) is 217 cm³/mol. The van der Waals surface area contributed by atoms with Gasteiger partial charge in [0.2, 0.25) is 5.91 Å². The topological polar surface area (TPSA) is 153 Å². The standard InChI is InChI=1S/C46H50N4O8/c1-26-27(2)47-18-16-36(26)31-10-8-30(9-11-31)20-37(45(53)54)49-43(51)38-21-33-22-39-40(23-34(33)24-50(38)44(52)42-28(3)57-29(4)48-42)58-41(25-56-39)32-12-14-35(15-13-32)55-19-17-46(5,6)7/h8-16,18,22-23,37-38,41H,17,19-21,24-25H2,1-7H3,(H,49,51)(H,53,54)/t37-,38-,41+/m0/s1. The number of nitrogens with one attached hydrogen (secondary N) is 1. The van der Waals surface area contributed by atoms with Crippen LogP contribution in [-0.4, -0.2) is 63.1 Å². The molecule has 58 heavy (non-hydrogen) atoms. The van der Waals surface area contributed by atoms with Gasteiger partial charge in [-0.25, -0.2) is 9.78 Å². The number of carbonyl (C=O) groups excluding carboxylic acids is 2. The van der Waals surface area contributed by atoms with E-state index in [-0.39, 0.29) is 43.2 Å². The van der Waals surface area contributed by atoms with E-state index in [0.717, 1.165) is 56.8 Å². The molecule has 0 saturated carbocycles. The summed E-state index contributed by atoms with van der Waals surface area (Å²) in [7, 11) is 0. The number of hydrogen-bond donors (Lipinski definition) is 2. The molecule has 7 rings (SSSR count). The maximum atomic E-state index is 14.2. The van der Waals surface area contributed by atoms with E-state index >= 15 is 0 Å². The van der Waals surface area contributed by atoms with Crippen LogP contribution in [0.5, 0.6) is 17.2 Å². The van der Waals surface area contributed by atoms with Gasteiger partial charge in [0.15, 0.2) is 29.2 Å². The van der Waals surface area contributed by atoms with Gasteiger partial charge in [-0.05, 0) is 102 Å². The second-order valence-corrected chi connectivity index (χ2v) is 16.4. The quantitative estimate of drug-likeness (QED) is 0.136. The van der Waals surface area contributed by atoms with Gasteiger partial charge in [0.25, 0.3) is 5.91 Å². The Morgan fingerprint density at radius 2 is 1.69 bits per heavy atom. The first-order valence-electron chi connectivity index (χ1n) is 19.6. The van der Waals surface area contributed by atoms with E-state index in [1.807, 2.05) is 80.6 Å².